The highest BCUT2D eigenvalue weighted by Crippen LogP contribution is 2.83. The van der Waals surface area contributed by atoms with E-state index in [-0.39, 0.29) is 0 Å². The van der Waals surface area contributed by atoms with Crippen LogP contribution >= 0.6 is 31.9 Å². The largest absolute Gasteiger partial charge is 0.303 e. The minimum atomic E-state index is -3.88. The van der Waals surface area contributed by atoms with Crippen molar-refractivity contribution >= 4 is 31.9 Å². The van der Waals surface area contributed by atoms with E-state index < -0.39 is 56.1 Å². The Labute approximate surface area is 120 Å². The Bertz CT molecular complexity index is 512. The predicted molar refractivity (Wildman–Crippen MR) is 60.7 cm³/mol. The summed E-state index contributed by atoms with van der Waals surface area (Å²) in [5, 5.41) is 2.38. The standard InChI is InChI=1S/C10H5Br2F6N/c11-1-2(12)6-10(18)8(16)4(14)3(13)7(8,15)9(10,17)5(1)19-6/h1-2,5-6,19H. The summed E-state index contributed by atoms with van der Waals surface area (Å²) >= 11 is 6.07. The maximum atomic E-state index is 14.8. The van der Waals surface area contributed by atoms with Crippen LogP contribution in [0.1, 0.15) is 0 Å². The van der Waals surface area contributed by atoms with E-state index in [4.69, 9.17) is 0 Å². The molecule has 19 heavy (non-hydrogen) atoms. The number of alkyl halides is 6. The predicted octanol–water partition coefficient (Wildman–Crippen LogP) is 2.88. The average Bonchev–Trinajstić information content (AvgIpc) is 2.81. The summed E-state index contributed by atoms with van der Waals surface area (Å²) in [5.41, 5.74) is -14.7. The van der Waals surface area contributed by atoms with Crippen molar-refractivity contribution in [2.75, 3.05) is 0 Å². The lowest BCUT2D eigenvalue weighted by molar-refractivity contribution is -0.349. The van der Waals surface area contributed by atoms with Gasteiger partial charge in [-0.15, -0.1) is 0 Å². The molecule has 4 rings (SSSR count). The van der Waals surface area contributed by atoms with Crippen LogP contribution in [-0.2, 0) is 0 Å². The molecule has 1 N–H and O–H groups in total. The zero-order chi connectivity index (χ0) is 14.2. The molecule has 106 valence electrons. The van der Waals surface area contributed by atoms with Gasteiger partial charge in [0.2, 0.25) is 22.7 Å². The van der Waals surface area contributed by atoms with Gasteiger partial charge >= 0.3 is 0 Å². The highest BCUT2D eigenvalue weighted by Gasteiger charge is 3.08. The molecule has 0 aromatic carbocycles. The maximum absolute atomic E-state index is 14.8. The fourth-order valence-corrected chi connectivity index (χ4v) is 5.74. The lowest BCUT2D eigenvalue weighted by Gasteiger charge is -2.70. The first-order chi connectivity index (χ1) is 8.61. The first-order valence-electron chi connectivity index (χ1n) is 5.48. The first-order valence-corrected chi connectivity index (χ1v) is 7.31. The van der Waals surface area contributed by atoms with Gasteiger partial charge in [-0.3, -0.25) is 0 Å². The zero-order valence-corrected chi connectivity index (χ0v) is 12.0. The van der Waals surface area contributed by atoms with Crippen molar-refractivity contribution in [2.45, 2.75) is 44.4 Å². The van der Waals surface area contributed by atoms with Gasteiger partial charge in [0, 0.05) is 9.65 Å². The van der Waals surface area contributed by atoms with Crippen LogP contribution in [0, 0.1) is 0 Å². The summed E-state index contributed by atoms with van der Waals surface area (Å²) in [6.45, 7) is 0. The Morgan fingerprint density at radius 1 is 0.789 bits per heavy atom. The van der Waals surface area contributed by atoms with Crippen LogP contribution in [-0.4, -0.2) is 44.4 Å². The summed E-state index contributed by atoms with van der Waals surface area (Å²) < 4.78 is 84.8. The molecule has 2 aliphatic carbocycles. The third kappa shape index (κ3) is 0.747. The number of halogens is 8. The molecule has 0 aromatic heterocycles. The molecule has 4 aliphatic rings. The Kier molecular flexibility index (Phi) is 1.97. The topological polar surface area (TPSA) is 12.0 Å². The summed E-state index contributed by atoms with van der Waals surface area (Å²) in [4.78, 5) is -1.53. The minimum absolute atomic E-state index is 0.764. The fourth-order valence-electron chi connectivity index (χ4n) is 4.10. The molecule has 2 aliphatic heterocycles. The van der Waals surface area contributed by atoms with E-state index in [1.54, 1.807) is 0 Å². The summed E-state index contributed by atoms with van der Waals surface area (Å²) in [5.74, 6) is -4.35. The second-order valence-corrected chi connectivity index (χ2v) is 7.49. The van der Waals surface area contributed by atoms with Crippen LogP contribution in [0.25, 0.3) is 0 Å². The molecule has 0 aromatic rings. The van der Waals surface area contributed by atoms with Crippen LogP contribution in [0.2, 0.25) is 0 Å². The molecule has 8 atom stereocenters. The normalized spacial score (nSPS) is 69.5. The van der Waals surface area contributed by atoms with Crippen molar-refractivity contribution in [1.82, 2.24) is 5.32 Å². The van der Waals surface area contributed by atoms with Crippen LogP contribution in [0.3, 0.4) is 0 Å². The highest BCUT2D eigenvalue weighted by molar-refractivity contribution is 9.12. The quantitative estimate of drug-likeness (QED) is 0.476. The van der Waals surface area contributed by atoms with Gasteiger partial charge in [-0.2, -0.15) is 0 Å². The number of rotatable bonds is 0. The van der Waals surface area contributed by atoms with Crippen LogP contribution in [0.4, 0.5) is 26.3 Å². The van der Waals surface area contributed by atoms with Gasteiger partial charge in [0.05, 0.1) is 12.1 Å². The Balaban J connectivity index is 1.98. The highest BCUT2D eigenvalue weighted by atomic mass is 79.9. The minimum Gasteiger partial charge on any atom is -0.303 e. The maximum Gasteiger partial charge on any atom is 0.246 e. The summed E-state index contributed by atoms with van der Waals surface area (Å²) in [6.07, 6.45) is 0. The van der Waals surface area contributed by atoms with E-state index in [1.807, 2.05) is 0 Å². The van der Waals surface area contributed by atoms with Gasteiger partial charge in [0.25, 0.3) is 0 Å². The van der Waals surface area contributed by atoms with Crippen LogP contribution < -0.4 is 5.32 Å². The third-order valence-corrected chi connectivity index (χ3v) is 7.87. The van der Waals surface area contributed by atoms with E-state index in [1.165, 1.54) is 0 Å². The first kappa shape index (κ1) is 12.9. The summed E-state index contributed by atoms with van der Waals surface area (Å²) in [7, 11) is 0. The molecule has 0 amide bonds. The van der Waals surface area contributed by atoms with Gasteiger partial charge in [0.15, 0.2) is 11.7 Å². The van der Waals surface area contributed by atoms with Gasteiger partial charge < -0.3 is 5.32 Å². The van der Waals surface area contributed by atoms with E-state index in [2.05, 4.69) is 37.2 Å². The zero-order valence-electron chi connectivity index (χ0n) is 8.83. The number of hydrogen-bond acceptors (Lipinski definition) is 1. The number of fused-ring (bicyclic) bond motifs is 8. The monoisotopic (exact) mass is 411 g/mol. The summed E-state index contributed by atoms with van der Waals surface area (Å²) in [6, 6.07) is -2.97. The molecule has 2 heterocycles. The fraction of sp³-hybridized carbons (Fsp3) is 0.800. The smallest absolute Gasteiger partial charge is 0.246 e. The Morgan fingerprint density at radius 3 is 1.42 bits per heavy atom. The SMILES string of the molecule is FC1=C(F)C2(F)C1(F)C1(F)C3NC(C(Br)C3Br)C21F. The number of allylic oxidation sites excluding steroid dienone is 2. The van der Waals surface area contributed by atoms with E-state index in [9.17, 15) is 26.3 Å². The molecule has 3 fully saturated rings. The molecular weight excluding hydrogens is 408 g/mol. The molecule has 0 radical (unpaired) electrons. The lowest BCUT2D eigenvalue weighted by Crippen LogP contribution is -2.97. The van der Waals surface area contributed by atoms with Crippen molar-refractivity contribution in [3.8, 4) is 0 Å². The number of nitrogens with one attached hydrogen (secondary N) is 1. The van der Waals surface area contributed by atoms with Crippen molar-refractivity contribution in [3.63, 3.8) is 0 Å². The Morgan fingerprint density at radius 2 is 1.11 bits per heavy atom. The van der Waals surface area contributed by atoms with Gasteiger partial charge in [-0.25, -0.2) is 26.3 Å². The molecule has 2 saturated heterocycles. The van der Waals surface area contributed by atoms with Gasteiger partial charge in [-0.05, 0) is 0 Å². The second-order valence-electron chi connectivity index (χ2n) is 5.38. The lowest BCUT2D eigenvalue weighted by atomic mass is 9.38. The molecule has 0 spiro atoms. The molecule has 1 nitrogen and oxygen atoms in total. The van der Waals surface area contributed by atoms with Crippen LogP contribution in [0.15, 0.2) is 11.7 Å². The van der Waals surface area contributed by atoms with Crippen molar-refractivity contribution in [3.05, 3.63) is 11.7 Å². The van der Waals surface area contributed by atoms with E-state index >= 15 is 0 Å². The molecule has 1 saturated carbocycles. The van der Waals surface area contributed by atoms with Crippen molar-refractivity contribution in [1.29, 1.82) is 0 Å². The molecule has 8 unspecified atom stereocenters. The second kappa shape index (κ2) is 2.90. The van der Waals surface area contributed by atoms with Crippen molar-refractivity contribution in [2.24, 2.45) is 0 Å². The molecular formula is C10H5Br2F6N. The van der Waals surface area contributed by atoms with E-state index in [0.717, 1.165) is 0 Å². The third-order valence-electron chi connectivity index (χ3n) is 4.96. The molecule has 2 bridgehead atoms. The molecule has 9 heteroatoms. The van der Waals surface area contributed by atoms with E-state index in [0.29, 0.717) is 0 Å². The van der Waals surface area contributed by atoms with Gasteiger partial charge in [-0.1, -0.05) is 31.9 Å². The average molecular weight is 413 g/mol. The van der Waals surface area contributed by atoms with Gasteiger partial charge in [0.1, 0.15) is 0 Å². The Hall–Kier alpha value is 0.240. The van der Waals surface area contributed by atoms with Crippen molar-refractivity contribution < 1.29 is 26.3 Å². The van der Waals surface area contributed by atoms with Crippen LogP contribution in [0.5, 0.6) is 0 Å². The number of hydrogen-bond donors (Lipinski definition) is 1.